The van der Waals surface area contributed by atoms with Crippen molar-refractivity contribution in [3.63, 3.8) is 0 Å². The average molecular weight is 252 g/mol. The highest BCUT2D eigenvalue weighted by atomic mass is 35.5. The van der Waals surface area contributed by atoms with Gasteiger partial charge >= 0.3 is 0 Å². The number of halogens is 1. The maximum Gasteiger partial charge on any atom is 0.294 e. The lowest BCUT2D eigenvalue weighted by Crippen LogP contribution is -2.09. The first-order chi connectivity index (χ1) is 8.09. The number of nitrogens with zero attached hydrogens (tertiary/aromatic N) is 2. The fourth-order valence-corrected chi connectivity index (χ4v) is 1.66. The van der Waals surface area contributed by atoms with Gasteiger partial charge in [0.25, 0.3) is 5.69 Å². The van der Waals surface area contributed by atoms with Crippen LogP contribution in [-0.4, -0.2) is 9.60 Å². The molecule has 1 aromatic heterocycles. The van der Waals surface area contributed by atoms with Gasteiger partial charge in [0.2, 0.25) is 0 Å². The lowest BCUT2D eigenvalue weighted by molar-refractivity contribution is -0.384. The number of nitro groups is 1. The molecule has 0 radical (unpaired) electrons. The summed E-state index contributed by atoms with van der Waals surface area (Å²) in [5, 5.41) is 11.4. The fourth-order valence-electron chi connectivity index (χ4n) is 1.50. The fraction of sp³-hybridized carbons (Fsp3) is 0.0909. The van der Waals surface area contributed by atoms with Crippen molar-refractivity contribution in [1.82, 2.24) is 4.68 Å². The molecule has 0 bridgehead atoms. The van der Waals surface area contributed by atoms with E-state index in [2.05, 4.69) is 5.43 Å². The van der Waals surface area contributed by atoms with Gasteiger partial charge in [-0.25, -0.2) is 0 Å². The van der Waals surface area contributed by atoms with Crippen molar-refractivity contribution in [2.45, 2.75) is 6.92 Å². The van der Waals surface area contributed by atoms with Crippen LogP contribution in [0.25, 0.3) is 0 Å². The Bertz CT molecular complexity index is 552. The Morgan fingerprint density at radius 2 is 2.00 bits per heavy atom. The third kappa shape index (κ3) is 2.24. The summed E-state index contributed by atoms with van der Waals surface area (Å²) in [7, 11) is 0. The minimum atomic E-state index is -0.435. The Labute approximate surface area is 103 Å². The van der Waals surface area contributed by atoms with Crippen LogP contribution in [-0.2, 0) is 0 Å². The van der Waals surface area contributed by atoms with Crippen LogP contribution in [0.5, 0.6) is 0 Å². The molecule has 0 unspecified atom stereocenters. The molecule has 0 aliphatic rings. The molecule has 2 rings (SSSR count). The first-order valence-electron chi connectivity index (χ1n) is 4.93. The third-order valence-electron chi connectivity index (χ3n) is 2.42. The maximum atomic E-state index is 10.9. The van der Waals surface area contributed by atoms with Crippen LogP contribution < -0.4 is 5.43 Å². The van der Waals surface area contributed by atoms with Gasteiger partial charge in [-0.1, -0.05) is 11.6 Å². The van der Waals surface area contributed by atoms with E-state index in [0.717, 1.165) is 0 Å². The second-order valence-electron chi connectivity index (χ2n) is 3.53. The van der Waals surface area contributed by atoms with E-state index in [1.807, 2.05) is 12.1 Å². The third-order valence-corrected chi connectivity index (χ3v) is 2.83. The Kier molecular flexibility index (Phi) is 3.01. The molecule has 17 heavy (non-hydrogen) atoms. The minimum Gasteiger partial charge on any atom is -0.288 e. The normalized spacial score (nSPS) is 10.2. The van der Waals surface area contributed by atoms with E-state index in [0.29, 0.717) is 16.3 Å². The molecule has 88 valence electrons. The topological polar surface area (TPSA) is 60.1 Å². The Morgan fingerprint density at radius 1 is 1.35 bits per heavy atom. The van der Waals surface area contributed by atoms with Crippen LogP contribution >= 0.6 is 11.6 Å². The van der Waals surface area contributed by atoms with Crippen LogP contribution in [0, 0.1) is 17.0 Å². The summed E-state index contributed by atoms with van der Waals surface area (Å²) < 4.78 is 1.63. The number of hydrogen-bond donors (Lipinski definition) is 1. The largest absolute Gasteiger partial charge is 0.294 e. The number of anilines is 1. The standard InChI is InChI=1S/C11H10ClN3O2/c1-8-9(12)4-5-10(15(16)17)11(8)13-14-6-2-3-7-14/h2-7,13H,1H3. The van der Waals surface area contributed by atoms with Crippen LogP contribution in [0.4, 0.5) is 11.4 Å². The molecule has 0 aliphatic carbocycles. The summed E-state index contributed by atoms with van der Waals surface area (Å²) in [6, 6.07) is 6.55. The number of rotatable bonds is 3. The molecule has 1 N–H and O–H groups in total. The highest BCUT2D eigenvalue weighted by Gasteiger charge is 2.17. The zero-order valence-corrected chi connectivity index (χ0v) is 9.81. The van der Waals surface area contributed by atoms with Gasteiger partial charge in [0, 0.05) is 23.5 Å². The Balaban J connectivity index is 2.49. The second-order valence-corrected chi connectivity index (χ2v) is 3.93. The number of nitrogens with one attached hydrogen (secondary N) is 1. The summed E-state index contributed by atoms with van der Waals surface area (Å²) in [6.07, 6.45) is 3.51. The van der Waals surface area contributed by atoms with Crippen LogP contribution in [0.3, 0.4) is 0 Å². The van der Waals surface area contributed by atoms with Crippen molar-refractivity contribution in [2.24, 2.45) is 0 Å². The van der Waals surface area contributed by atoms with Gasteiger partial charge in [0.15, 0.2) is 0 Å². The first-order valence-corrected chi connectivity index (χ1v) is 5.31. The first kappa shape index (κ1) is 11.5. The quantitative estimate of drug-likeness (QED) is 0.673. The molecule has 0 atom stereocenters. The van der Waals surface area contributed by atoms with Gasteiger partial charge in [-0.15, -0.1) is 0 Å². The number of nitro benzene ring substituents is 1. The SMILES string of the molecule is Cc1c(Cl)ccc([N+](=O)[O-])c1Nn1cccc1. The molecule has 6 heteroatoms. The predicted molar refractivity (Wildman–Crippen MR) is 66.3 cm³/mol. The van der Waals surface area contributed by atoms with Crippen LogP contribution in [0.15, 0.2) is 36.7 Å². The summed E-state index contributed by atoms with van der Waals surface area (Å²) in [6.45, 7) is 1.74. The molecular weight excluding hydrogens is 242 g/mol. The highest BCUT2D eigenvalue weighted by molar-refractivity contribution is 6.31. The van der Waals surface area contributed by atoms with Gasteiger partial charge in [-0.3, -0.25) is 20.2 Å². The molecule has 0 amide bonds. The van der Waals surface area contributed by atoms with Crippen molar-refractivity contribution in [1.29, 1.82) is 0 Å². The van der Waals surface area contributed by atoms with Crippen molar-refractivity contribution in [3.05, 3.63) is 57.4 Å². The van der Waals surface area contributed by atoms with Gasteiger partial charge in [-0.2, -0.15) is 0 Å². The number of hydrogen-bond acceptors (Lipinski definition) is 3. The molecule has 0 spiro atoms. The van der Waals surface area contributed by atoms with E-state index >= 15 is 0 Å². The van der Waals surface area contributed by atoms with Gasteiger partial charge in [-0.05, 0) is 30.7 Å². The predicted octanol–water partition coefficient (Wildman–Crippen LogP) is 3.23. The van der Waals surface area contributed by atoms with E-state index in [1.54, 1.807) is 24.0 Å². The van der Waals surface area contributed by atoms with Gasteiger partial charge < -0.3 is 0 Å². The zero-order valence-electron chi connectivity index (χ0n) is 9.05. The van der Waals surface area contributed by atoms with Crippen molar-refractivity contribution in [3.8, 4) is 0 Å². The molecule has 0 saturated carbocycles. The monoisotopic (exact) mass is 251 g/mol. The van der Waals surface area contributed by atoms with E-state index < -0.39 is 4.92 Å². The molecular formula is C11H10ClN3O2. The lowest BCUT2D eigenvalue weighted by atomic mass is 10.2. The average Bonchev–Trinajstić information content (AvgIpc) is 2.77. The Hall–Kier alpha value is -2.01. The lowest BCUT2D eigenvalue weighted by Gasteiger charge is -2.11. The number of aromatic nitrogens is 1. The van der Waals surface area contributed by atoms with E-state index in [-0.39, 0.29) is 5.69 Å². The smallest absolute Gasteiger partial charge is 0.288 e. The van der Waals surface area contributed by atoms with E-state index in [1.165, 1.54) is 12.1 Å². The van der Waals surface area contributed by atoms with Crippen LogP contribution in [0.2, 0.25) is 5.02 Å². The summed E-state index contributed by atoms with van der Waals surface area (Å²) in [4.78, 5) is 10.5. The summed E-state index contributed by atoms with van der Waals surface area (Å²) >= 11 is 5.96. The molecule has 1 aromatic carbocycles. The highest BCUT2D eigenvalue weighted by Crippen LogP contribution is 2.32. The molecule has 0 fully saturated rings. The molecule has 0 saturated heterocycles. The van der Waals surface area contributed by atoms with Crippen molar-refractivity contribution >= 4 is 23.0 Å². The minimum absolute atomic E-state index is 0.000556. The summed E-state index contributed by atoms with van der Waals surface area (Å²) in [5.74, 6) is 0. The van der Waals surface area contributed by atoms with E-state index in [4.69, 9.17) is 11.6 Å². The molecule has 2 aromatic rings. The van der Waals surface area contributed by atoms with Crippen molar-refractivity contribution in [2.75, 3.05) is 5.43 Å². The summed E-state index contributed by atoms with van der Waals surface area (Å²) in [5.41, 5.74) is 3.98. The van der Waals surface area contributed by atoms with Gasteiger partial charge in [0.1, 0.15) is 5.69 Å². The molecule has 0 aliphatic heterocycles. The number of benzene rings is 1. The molecule has 1 heterocycles. The maximum absolute atomic E-state index is 10.9. The second kappa shape index (κ2) is 4.47. The van der Waals surface area contributed by atoms with Crippen LogP contribution in [0.1, 0.15) is 5.56 Å². The van der Waals surface area contributed by atoms with Crippen molar-refractivity contribution < 1.29 is 4.92 Å². The Morgan fingerprint density at radius 3 is 2.59 bits per heavy atom. The van der Waals surface area contributed by atoms with E-state index in [9.17, 15) is 10.1 Å². The van der Waals surface area contributed by atoms with Gasteiger partial charge in [0.05, 0.1) is 4.92 Å². The zero-order chi connectivity index (χ0) is 12.4. The molecule has 5 nitrogen and oxygen atoms in total.